The molecule has 3 heterocycles. The number of aromatic nitrogens is 4. The Hall–Kier alpha value is -8.34. The first kappa shape index (κ1) is 35.6. The lowest BCUT2D eigenvalue weighted by Gasteiger charge is -2.12. The van der Waals surface area contributed by atoms with Crippen molar-refractivity contribution in [1.29, 1.82) is 0 Å². The molecule has 12 rings (SSSR count). The van der Waals surface area contributed by atoms with Gasteiger partial charge in [-0.1, -0.05) is 176 Å². The van der Waals surface area contributed by atoms with Gasteiger partial charge in [0.05, 0.1) is 33.5 Å². The van der Waals surface area contributed by atoms with Gasteiger partial charge in [-0.2, -0.15) is 0 Å². The lowest BCUT2D eigenvalue weighted by molar-refractivity contribution is 1.17. The lowest BCUT2D eigenvalue weighted by Crippen LogP contribution is -1.97. The van der Waals surface area contributed by atoms with Gasteiger partial charge in [-0.3, -0.25) is 0 Å². The summed E-state index contributed by atoms with van der Waals surface area (Å²) < 4.78 is 4.80. The fourth-order valence-corrected chi connectivity index (χ4v) is 9.21. The van der Waals surface area contributed by atoms with E-state index in [0.29, 0.717) is 5.82 Å². The largest absolute Gasteiger partial charge is 0.309 e. The van der Waals surface area contributed by atoms with Crippen LogP contribution < -0.4 is 0 Å². The van der Waals surface area contributed by atoms with Crippen LogP contribution in [0.3, 0.4) is 0 Å². The number of hydrogen-bond acceptors (Lipinski definition) is 2. The minimum Gasteiger partial charge on any atom is -0.309 e. The Morgan fingerprint density at radius 2 is 0.613 bits per heavy atom. The van der Waals surface area contributed by atoms with Crippen molar-refractivity contribution in [3.8, 4) is 67.5 Å². The van der Waals surface area contributed by atoms with Crippen LogP contribution in [0.15, 0.2) is 231 Å². The molecule has 0 saturated heterocycles. The van der Waals surface area contributed by atoms with Crippen LogP contribution in [0.1, 0.15) is 0 Å². The molecule has 4 nitrogen and oxygen atoms in total. The van der Waals surface area contributed by atoms with Crippen molar-refractivity contribution in [3.63, 3.8) is 0 Å². The van der Waals surface area contributed by atoms with Gasteiger partial charge in [-0.15, -0.1) is 0 Å². The molecule has 9 aromatic carbocycles. The second kappa shape index (κ2) is 14.7. The van der Waals surface area contributed by atoms with E-state index in [1.807, 2.05) is 12.1 Å². The summed E-state index contributed by atoms with van der Waals surface area (Å²) in [4.78, 5) is 10.4. The Kier molecular flexibility index (Phi) is 8.46. The van der Waals surface area contributed by atoms with Crippen LogP contribution in [-0.4, -0.2) is 19.1 Å². The third-order valence-electron chi connectivity index (χ3n) is 12.2. The molecule has 0 fully saturated rings. The van der Waals surface area contributed by atoms with E-state index in [-0.39, 0.29) is 0 Å². The summed E-state index contributed by atoms with van der Waals surface area (Å²) in [5, 5.41) is 5.00. The molecule has 0 amide bonds. The predicted molar refractivity (Wildman–Crippen MR) is 258 cm³/mol. The van der Waals surface area contributed by atoms with Gasteiger partial charge in [-0.05, 0) is 76.9 Å². The highest BCUT2D eigenvalue weighted by Crippen LogP contribution is 2.42. The fraction of sp³-hybridized carbons (Fsp3) is 0. The molecule has 290 valence electrons. The minimum atomic E-state index is 0.689. The number of hydrogen-bond donors (Lipinski definition) is 0. The van der Waals surface area contributed by atoms with E-state index in [9.17, 15) is 0 Å². The van der Waals surface area contributed by atoms with Crippen molar-refractivity contribution in [2.24, 2.45) is 0 Å². The van der Waals surface area contributed by atoms with E-state index in [4.69, 9.17) is 9.97 Å². The standard InChI is InChI=1S/C58H38N4/c1-4-14-39(15-5-1)41-24-28-43(29-25-41)50-38-51(60-58(59-50)45-30-26-42(27-31-45)40-16-6-2-7-17-40)44-32-34-47(35-33-44)62-53-23-13-11-21-49(53)57-55(62)37-36-54-56(57)48-20-10-12-22-52(48)61(54)46-18-8-3-9-19-46/h1-38H. The third-order valence-corrected chi connectivity index (χ3v) is 12.2. The molecule has 0 aliphatic heterocycles. The summed E-state index contributed by atoms with van der Waals surface area (Å²) in [7, 11) is 0. The van der Waals surface area contributed by atoms with E-state index < -0.39 is 0 Å². The number of nitrogens with zero attached hydrogens (tertiary/aromatic N) is 4. The molecule has 0 N–H and O–H groups in total. The van der Waals surface area contributed by atoms with Crippen LogP contribution in [0.5, 0.6) is 0 Å². The fourth-order valence-electron chi connectivity index (χ4n) is 9.21. The van der Waals surface area contributed by atoms with Crippen molar-refractivity contribution in [2.45, 2.75) is 0 Å². The SMILES string of the molecule is c1ccc(-c2ccc(-c3cc(-c4ccc(-n5c6ccccc6c6c7c8ccccc8n(-c8ccccc8)c7ccc65)cc4)nc(-c4ccc(-c5ccccc5)cc4)n3)cc2)cc1. The van der Waals surface area contributed by atoms with Gasteiger partial charge in [0.15, 0.2) is 5.82 Å². The van der Waals surface area contributed by atoms with Crippen LogP contribution in [0.25, 0.3) is 111 Å². The van der Waals surface area contributed by atoms with Crippen LogP contribution in [-0.2, 0) is 0 Å². The number of benzene rings is 9. The van der Waals surface area contributed by atoms with E-state index in [2.05, 4.69) is 228 Å². The lowest BCUT2D eigenvalue weighted by atomic mass is 10.0. The normalized spacial score (nSPS) is 11.5. The maximum absolute atomic E-state index is 5.23. The summed E-state index contributed by atoms with van der Waals surface area (Å²) in [6.07, 6.45) is 0. The molecule has 0 bridgehead atoms. The second-order valence-electron chi connectivity index (χ2n) is 15.8. The van der Waals surface area contributed by atoms with E-state index in [1.165, 1.54) is 60.3 Å². The topological polar surface area (TPSA) is 35.6 Å². The van der Waals surface area contributed by atoms with Crippen molar-refractivity contribution in [1.82, 2.24) is 19.1 Å². The van der Waals surface area contributed by atoms with Crippen LogP contribution in [0.4, 0.5) is 0 Å². The van der Waals surface area contributed by atoms with Gasteiger partial charge in [0.25, 0.3) is 0 Å². The molecule has 4 heteroatoms. The Bertz CT molecular complexity index is 3470. The van der Waals surface area contributed by atoms with Gasteiger partial charge in [0.1, 0.15) is 0 Å². The van der Waals surface area contributed by atoms with E-state index in [1.54, 1.807) is 0 Å². The van der Waals surface area contributed by atoms with Crippen LogP contribution in [0.2, 0.25) is 0 Å². The summed E-state index contributed by atoms with van der Waals surface area (Å²) in [5.41, 5.74) is 16.5. The molecule has 0 aliphatic carbocycles. The molecule has 0 saturated carbocycles. The predicted octanol–water partition coefficient (Wildman–Crippen LogP) is 15.0. The Morgan fingerprint density at radius 3 is 1.10 bits per heavy atom. The first-order valence-electron chi connectivity index (χ1n) is 21.1. The molecular formula is C58H38N4. The monoisotopic (exact) mass is 790 g/mol. The summed E-state index contributed by atoms with van der Waals surface area (Å²) in [5.74, 6) is 0.689. The second-order valence-corrected chi connectivity index (χ2v) is 15.8. The Morgan fingerprint density at radius 1 is 0.258 bits per heavy atom. The quantitative estimate of drug-likeness (QED) is 0.161. The Balaban J connectivity index is 0.985. The molecular weight excluding hydrogens is 753 g/mol. The number of fused-ring (bicyclic) bond motifs is 7. The van der Waals surface area contributed by atoms with Crippen LogP contribution in [0, 0.1) is 0 Å². The summed E-state index contributed by atoms with van der Waals surface area (Å²) >= 11 is 0. The van der Waals surface area contributed by atoms with E-state index >= 15 is 0 Å². The van der Waals surface area contributed by atoms with Crippen molar-refractivity contribution in [3.05, 3.63) is 231 Å². The van der Waals surface area contributed by atoms with Gasteiger partial charge >= 0.3 is 0 Å². The molecule has 0 spiro atoms. The molecule has 3 aromatic heterocycles. The smallest absolute Gasteiger partial charge is 0.160 e. The maximum Gasteiger partial charge on any atom is 0.160 e. The van der Waals surface area contributed by atoms with Gasteiger partial charge < -0.3 is 9.13 Å². The molecule has 0 radical (unpaired) electrons. The molecule has 62 heavy (non-hydrogen) atoms. The van der Waals surface area contributed by atoms with Crippen molar-refractivity contribution < 1.29 is 0 Å². The first-order chi connectivity index (χ1) is 30.7. The number of rotatable bonds is 7. The average Bonchev–Trinajstić information content (AvgIpc) is 3.88. The van der Waals surface area contributed by atoms with Gasteiger partial charge in [0, 0.05) is 49.6 Å². The van der Waals surface area contributed by atoms with Gasteiger partial charge in [0.2, 0.25) is 0 Å². The van der Waals surface area contributed by atoms with Crippen molar-refractivity contribution in [2.75, 3.05) is 0 Å². The Labute approximate surface area is 359 Å². The highest BCUT2D eigenvalue weighted by molar-refractivity contribution is 6.28. The number of para-hydroxylation sites is 3. The minimum absolute atomic E-state index is 0.689. The highest BCUT2D eigenvalue weighted by Gasteiger charge is 2.20. The van der Waals surface area contributed by atoms with Crippen LogP contribution >= 0.6 is 0 Å². The average molecular weight is 791 g/mol. The zero-order valence-corrected chi connectivity index (χ0v) is 33.7. The zero-order valence-electron chi connectivity index (χ0n) is 33.7. The molecule has 0 unspecified atom stereocenters. The van der Waals surface area contributed by atoms with Crippen molar-refractivity contribution >= 4 is 43.6 Å². The molecule has 12 aromatic rings. The van der Waals surface area contributed by atoms with E-state index in [0.717, 1.165) is 45.0 Å². The third kappa shape index (κ3) is 6.00. The first-order valence-corrected chi connectivity index (χ1v) is 21.1. The zero-order chi connectivity index (χ0) is 41.0. The molecule has 0 atom stereocenters. The van der Waals surface area contributed by atoms with Gasteiger partial charge in [-0.25, -0.2) is 9.97 Å². The summed E-state index contributed by atoms with van der Waals surface area (Å²) in [6, 6.07) is 82.0. The molecule has 0 aliphatic rings. The maximum atomic E-state index is 5.23. The highest BCUT2D eigenvalue weighted by atomic mass is 15.0. The summed E-state index contributed by atoms with van der Waals surface area (Å²) in [6.45, 7) is 0.